The van der Waals surface area contributed by atoms with Crippen LogP contribution in [-0.4, -0.2) is 57.5 Å². The third kappa shape index (κ3) is 5.33. The minimum absolute atomic E-state index is 0.170. The van der Waals surface area contributed by atoms with Crippen LogP contribution in [0.1, 0.15) is 77.3 Å². The van der Waals surface area contributed by atoms with Crippen molar-refractivity contribution in [2.24, 2.45) is 12.0 Å². The standard InChI is InChI=1S/C23H40N6O2/c1-8-19-18(20(9-2)28(7)27-19)14-25-21(24-6)26-15-12-16-10-11-17(13-15)29(16)22(30)31-23(3,4)5/h15-17H,8-14H2,1-7H3,(H2,24,25,26). The molecule has 2 atom stereocenters. The van der Waals surface area contributed by atoms with Gasteiger partial charge < -0.3 is 20.3 Å². The second-order valence-corrected chi connectivity index (χ2v) is 9.71. The molecule has 1 aromatic heterocycles. The van der Waals surface area contributed by atoms with E-state index in [1.807, 2.05) is 44.4 Å². The molecule has 8 nitrogen and oxygen atoms in total. The number of aryl methyl sites for hydroxylation is 2. The number of nitrogens with one attached hydrogen (secondary N) is 2. The quantitative estimate of drug-likeness (QED) is 0.552. The Morgan fingerprint density at radius 3 is 2.35 bits per heavy atom. The van der Waals surface area contributed by atoms with Crippen molar-refractivity contribution >= 4 is 12.1 Å². The predicted octanol–water partition coefficient (Wildman–Crippen LogP) is 3.14. The number of fused-ring (bicyclic) bond motifs is 2. The lowest BCUT2D eigenvalue weighted by molar-refractivity contribution is 0.00545. The van der Waals surface area contributed by atoms with Crippen LogP contribution in [0, 0.1) is 0 Å². The van der Waals surface area contributed by atoms with E-state index >= 15 is 0 Å². The van der Waals surface area contributed by atoms with Gasteiger partial charge in [0.1, 0.15) is 5.60 Å². The van der Waals surface area contributed by atoms with E-state index in [0.29, 0.717) is 12.6 Å². The molecule has 31 heavy (non-hydrogen) atoms. The molecule has 2 aliphatic heterocycles. The van der Waals surface area contributed by atoms with E-state index in [1.54, 1.807) is 0 Å². The van der Waals surface area contributed by atoms with Gasteiger partial charge in [-0.05, 0) is 59.3 Å². The minimum Gasteiger partial charge on any atom is -0.444 e. The van der Waals surface area contributed by atoms with Crippen LogP contribution in [0.15, 0.2) is 4.99 Å². The zero-order chi connectivity index (χ0) is 22.8. The van der Waals surface area contributed by atoms with Gasteiger partial charge in [-0.3, -0.25) is 9.67 Å². The highest BCUT2D eigenvalue weighted by Crippen LogP contribution is 2.36. The number of carbonyl (C=O) groups is 1. The second-order valence-electron chi connectivity index (χ2n) is 9.71. The van der Waals surface area contributed by atoms with Gasteiger partial charge in [-0.25, -0.2) is 4.79 Å². The Kier molecular flexibility index (Phi) is 7.17. The Balaban J connectivity index is 1.59. The largest absolute Gasteiger partial charge is 0.444 e. The third-order valence-corrected chi connectivity index (χ3v) is 6.36. The van der Waals surface area contributed by atoms with Gasteiger partial charge in [0.25, 0.3) is 0 Å². The van der Waals surface area contributed by atoms with Gasteiger partial charge >= 0.3 is 6.09 Å². The topological polar surface area (TPSA) is 83.8 Å². The third-order valence-electron chi connectivity index (χ3n) is 6.36. The molecule has 2 saturated heterocycles. The first-order valence-electron chi connectivity index (χ1n) is 11.7. The number of rotatable bonds is 5. The molecule has 0 aromatic carbocycles. The van der Waals surface area contributed by atoms with Crippen LogP contribution in [0.3, 0.4) is 0 Å². The molecule has 174 valence electrons. The molecular formula is C23H40N6O2. The van der Waals surface area contributed by atoms with Gasteiger partial charge in [-0.2, -0.15) is 5.10 Å². The molecule has 3 heterocycles. The smallest absolute Gasteiger partial charge is 0.410 e. The fraction of sp³-hybridized carbons (Fsp3) is 0.783. The SMILES string of the molecule is CCc1nn(C)c(CC)c1CNC(=NC)NC1CC2CCC(C1)N2C(=O)OC(C)(C)C. The fourth-order valence-corrected chi connectivity index (χ4v) is 5.06. The lowest BCUT2D eigenvalue weighted by atomic mass is 9.98. The molecule has 2 N–H and O–H groups in total. The zero-order valence-corrected chi connectivity index (χ0v) is 20.3. The van der Waals surface area contributed by atoms with Crippen LogP contribution < -0.4 is 10.6 Å². The first-order chi connectivity index (χ1) is 14.7. The number of hydrogen-bond acceptors (Lipinski definition) is 4. The Hall–Kier alpha value is -2.25. The first kappa shape index (κ1) is 23.4. The Labute approximate surface area is 186 Å². The summed E-state index contributed by atoms with van der Waals surface area (Å²) in [5, 5.41) is 11.8. The van der Waals surface area contributed by atoms with E-state index in [1.165, 1.54) is 11.3 Å². The number of amides is 1. The first-order valence-corrected chi connectivity index (χ1v) is 11.7. The number of aromatic nitrogens is 2. The van der Waals surface area contributed by atoms with Crippen LogP contribution >= 0.6 is 0 Å². The van der Waals surface area contributed by atoms with Crippen LogP contribution in [0.2, 0.25) is 0 Å². The zero-order valence-electron chi connectivity index (χ0n) is 20.3. The summed E-state index contributed by atoms with van der Waals surface area (Å²) < 4.78 is 7.65. The minimum atomic E-state index is -0.460. The van der Waals surface area contributed by atoms with E-state index in [0.717, 1.165) is 50.2 Å². The van der Waals surface area contributed by atoms with E-state index < -0.39 is 5.60 Å². The van der Waals surface area contributed by atoms with Crippen molar-refractivity contribution in [2.75, 3.05) is 7.05 Å². The molecule has 1 aromatic rings. The molecule has 2 bridgehead atoms. The highest BCUT2D eigenvalue weighted by molar-refractivity contribution is 5.80. The Bertz CT molecular complexity index is 796. The summed E-state index contributed by atoms with van der Waals surface area (Å²) in [6, 6.07) is 0.773. The molecule has 2 aliphatic rings. The van der Waals surface area contributed by atoms with E-state index in [-0.39, 0.29) is 18.2 Å². The van der Waals surface area contributed by atoms with Crippen molar-refractivity contribution in [2.45, 2.75) is 103 Å². The van der Waals surface area contributed by atoms with Crippen LogP contribution in [0.25, 0.3) is 0 Å². The van der Waals surface area contributed by atoms with E-state index in [2.05, 4.69) is 34.6 Å². The van der Waals surface area contributed by atoms with Crippen LogP contribution in [-0.2, 0) is 31.2 Å². The molecule has 2 unspecified atom stereocenters. The molecule has 0 aliphatic carbocycles. The van der Waals surface area contributed by atoms with E-state index in [9.17, 15) is 4.79 Å². The summed E-state index contributed by atoms with van der Waals surface area (Å²) in [7, 11) is 3.83. The number of aliphatic imine (C=N–C) groups is 1. The van der Waals surface area contributed by atoms with Crippen LogP contribution in [0.4, 0.5) is 4.79 Å². The van der Waals surface area contributed by atoms with Crippen LogP contribution in [0.5, 0.6) is 0 Å². The van der Waals surface area contributed by atoms with Crippen molar-refractivity contribution in [3.63, 3.8) is 0 Å². The summed E-state index contributed by atoms with van der Waals surface area (Å²) >= 11 is 0. The molecule has 0 radical (unpaired) electrons. The monoisotopic (exact) mass is 432 g/mol. The molecule has 0 saturated carbocycles. The number of guanidine groups is 1. The van der Waals surface area contributed by atoms with Crippen molar-refractivity contribution in [1.82, 2.24) is 25.3 Å². The average Bonchev–Trinajstić information content (AvgIpc) is 3.16. The maximum absolute atomic E-state index is 12.7. The molecule has 0 spiro atoms. The number of hydrogen-bond donors (Lipinski definition) is 2. The van der Waals surface area contributed by atoms with Gasteiger partial charge in [0, 0.05) is 50.0 Å². The van der Waals surface area contributed by atoms with Crippen molar-refractivity contribution in [1.29, 1.82) is 0 Å². The lowest BCUT2D eigenvalue weighted by Crippen LogP contribution is -2.54. The van der Waals surface area contributed by atoms with Gasteiger partial charge in [-0.1, -0.05) is 13.8 Å². The van der Waals surface area contributed by atoms with Crippen molar-refractivity contribution in [3.8, 4) is 0 Å². The summed E-state index contributed by atoms with van der Waals surface area (Å²) in [5.41, 5.74) is 3.23. The molecular weight excluding hydrogens is 392 g/mol. The summed E-state index contributed by atoms with van der Waals surface area (Å²) in [6.45, 7) is 10.8. The Morgan fingerprint density at radius 1 is 1.19 bits per heavy atom. The number of nitrogens with zero attached hydrogens (tertiary/aromatic N) is 4. The normalized spacial score (nSPS) is 23.8. The average molecular weight is 433 g/mol. The second kappa shape index (κ2) is 9.49. The number of carbonyl (C=O) groups excluding carboxylic acids is 1. The van der Waals surface area contributed by atoms with Gasteiger partial charge in [0.15, 0.2) is 5.96 Å². The van der Waals surface area contributed by atoms with Gasteiger partial charge in [-0.15, -0.1) is 0 Å². The maximum atomic E-state index is 12.7. The maximum Gasteiger partial charge on any atom is 0.410 e. The molecule has 3 rings (SSSR count). The molecule has 8 heteroatoms. The highest BCUT2D eigenvalue weighted by atomic mass is 16.6. The molecule has 2 fully saturated rings. The summed E-state index contributed by atoms with van der Waals surface area (Å²) in [4.78, 5) is 19.1. The summed E-state index contributed by atoms with van der Waals surface area (Å²) in [6.07, 6.45) is 5.64. The summed E-state index contributed by atoms with van der Waals surface area (Å²) in [5.74, 6) is 0.808. The number of piperidine rings is 1. The molecule has 1 amide bonds. The lowest BCUT2D eigenvalue weighted by Gasteiger charge is -2.40. The predicted molar refractivity (Wildman–Crippen MR) is 123 cm³/mol. The van der Waals surface area contributed by atoms with Crippen molar-refractivity contribution in [3.05, 3.63) is 17.0 Å². The van der Waals surface area contributed by atoms with E-state index in [4.69, 9.17) is 4.74 Å². The fourth-order valence-electron chi connectivity index (χ4n) is 5.06. The van der Waals surface area contributed by atoms with Gasteiger partial charge in [0.05, 0.1) is 5.69 Å². The Morgan fingerprint density at radius 2 is 1.84 bits per heavy atom. The van der Waals surface area contributed by atoms with Crippen molar-refractivity contribution < 1.29 is 9.53 Å². The number of ether oxygens (including phenoxy) is 1. The van der Waals surface area contributed by atoms with Gasteiger partial charge in [0.2, 0.25) is 0 Å². The highest BCUT2D eigenvalue weighted by Gasteiger charge is 2.45.